The number of amides is 1. The number of thiophene rings is 1. The molecule has 2 aromatic rings. The summed E-state index contributed by atoms with van der Waals surface area (Å²) >= 11 is 1.70. The third-order valence-electron chi connectivity index (χ3n) is 4.32. The van der Waals surface area contributed by atoms with Crippen LogP contribution in [0.3, 0.4) is 0 Å². The lowest BCUT2D eigenvalue weighted by atomic mass is 10.2. The Labute approximate surface area is 141 Å². The summed E-state index contributed by atoms with van der Waals surface area (Å²) in [7, 11) is 0. The Morgan fingerprint density at radius 1 is 1.52 bits per heavy atom. The summed E-state index contributed by atoms with van der Waals surface area (Å²) in [6.07, 6.45) is 7.16. The Morgan fingerprint density at radius 2 is 2.43 bits per heavy atom. The van der Waals surface area contributed by atoms with E-state index in [0.29, 0.717) is 19.1 Å². The van der Waals surface area contributed by atoms with Crippen LogP contribution in [0.25, 0.3) is 0 Å². The van der Waals surface area contributed by atoms with Crippen LogP contribution >= 0.6 is 11.3 Å². The van der Waals surface area contributed by atoms with Crippen molar-refractivity contribution in [3.05, 3.63) is 40.3 Å². The highest BCUT2D eigenvalue weighted by molar-refractivity contribution is 7.07. The van der Waals surface area contributed by atoms with Crippen LogP contribution in [-0.4, -0.2) is 46.3 Å². The Hall–Kier alpha value is -1.66. The average Bonchev–Trinajstić information content (AvgIpc) is 3.24. The van der Waals surface area contributed by atoms with Crippen LogP contribution in [0.2, 0.25) is 0 Å². The lowest BCUT2D eigenvalue weighted by molar-refractivity contribution is -0.122. The highest BCUT2D eigenvalue weighted by atomic mass is 32.1. The molecule has 1 atom stereocenters. The summed E-state index contributed by atoms with van der Waals surface area (Å²) in [5, 5.41) is 11.6. The molecule has 23 heavy (non-hydrogen) atoms. The second-order valence-electron chi connectivity index (χ2n) is 6.24. The normalized spacial score (nSPS) is 18.4. The van der Waals surface area contributed by atoms with E-state index in [1.165, 1.54) is 11.1 Å². The number of carbonyl (C=O) groups excluding carboxylic acids is 1. The summed E-state index contributed by atoms with van der Waals surface area (Å²) in [6.45, 7) is 5.14. The van der Waals surface area contributed by atoms with Gasteiger partial charge in [0.1, 0.15) is 0 Å². The van der Waals surface area contributed by atoms with Crippen molar-refractivity contribution in [1.29, 1.82) is 0 Å². The summed E-state index contributed by atoms with van der Waals surface area (Å²) in [6, 6.07) is 2.52. The molecule has 1 fully saturated rings. The van der Waals surface area contributed by atoms with Gasteiger partial charge in [-0.3, -0.25) is 14.4 Å². The van der Waals surface area contributed by atoms with E-state index in [1.54, 1.807) is 11.3 Å². The zero-order valence-corrected chi connectivity index (χ0v) is 14.4. The van der Waals surface area contributed by atoms with E-state index >= 15 is 0 Å². The van der Waals surface area contributed by atoms with Crippen molar-refractivity contribution in [2.24, 2.45) is 0 Å². The van der Waals surface area contributed by atoms with E-state index in [9.17, 15) is 4.79 Å². The molecule has 0 aromatic carbocycles. The zero-order chi connectivity index (χ0) is 16.1. The van der Waals surface area contributed by atoms with Gasteiger partial charge in [0.15, 0.2) is 0 Å². The van der Waals surface area contributed by atoms with Gasteiger partial charge >= 0.3 is 0 Å². The Bertz CT molecular complexity index is 622. The number of hydrogen-bond donors (Lipinski definition) is 1. The third kappa shape index (κ3) is 4.65. The molecular weight excluding hydrogens is 308 g/mol. The topological polar surface area (TPSA) is 50.2 Å². The minimum atomic E-state index is 0.128. The first-order chi connectivity index (χ1) is 11.2. The minimum absolute atomic E-state index is 0.128. The zero-order valence-electron chi connectivity index (χ0n) is 13.6. The second-order valence-corrected chi connectivity index (χ2v) is 7.02. The molecule has 1 N–H and O–H groups in total. The van der Waals surface area contributed by atoms with E-state index in [4.69, 9.17) is 0 Å². The van der Waals surface area contributed by atoms with Crippen molar-refractivity contribution in [2.45, 2.75) is 38.8 Å². The molecule has 0 saturated carbocycles. The number of aromatic nitrogens is 2. The number of hydrogen-bond acceptors (Lipinski definition) is 4. The minimum Gasteiger partial charge on any atom is -0.355 e. The van der Waals surface area contributed by atoms with Crippen LogP contribution in [0.4, 0.5) is 0 Å². The van der Waals surface area contributed by atoms with Crippen molar-refractivity contribution in [3.8, 4) is 0 Å². The van der Waals surface area contributed by atoms with Crippen LogP contribution < -0.4 is 5.32 Å². The number of rotatable bonds is 7. The summed E-state index contributed by atoms with van der Waals surface area (Å²) in [5.41, 5.74) is 2.48. The van der Waals surface area contributed by atoms with E-state index in [2.05, 4.69) is 45.3 Å². The number of likely N-dealkylation sites (tertiary alicyclic amines) is 1. The van der Waals surface area contributed by atoms with Crippen LogP contribution in [0, 0.1) is 6.92 Å². The van der Waals surface area contributed by atoms with Gasteiger partial charge < -0.3 is 5.32 Å². The first-order valence-corrected chi connectivity index (χ1v) is 9.16. The van der Waals surface area contributed by atoms with Gasteiger partial charge in [-0.1, -0.05) is 0 Å². The lowest BCUT2D eigenvalue weighted by Gasteiger charge is -2.23. The quantitative estimate of drug-likeness (QED) is 0.844. The fraction of sp³-hybridized carbons (Fsp3) is 0.529. The van der Waals surface area contributed by atoms with Crippen LogP contribution in [0.5, 0.6) is 0 Å². The van der Waals surface area contributed by atoms with Crippen molar-refractivity contribution in [1.82, 2.24) is 20.0 Å². The number of nitrogens with one attached hydrogen (secondary N) is 1. The van der Waals surface area contributed by atoms with Gasteiger partial charge in [0.25, 0.3) is 0 Å². The van der Waals surface area contributed by atoms with Gasteiger partial charge in [0.05, 0.1) is 19.3 Å². The number of carbonyl (C=O) groups is 1. The molecule has 2 aromatic heterocycles. The third-order valence-corrected chi connectivity index (χ3v) is 5.05. The highest BCUT2D eigenvalue weighted by Gasteiger charge is 2.26. The van der Waals surface area contributed by atoms with Crippen molar-refractivity contribution in [2.75, 3.05) is 19.6 Å². The molecule has 0 spiro atoms. The molecular formula is C17H24N4OS. The van der Waals surface area contributed by atoms with E-state index in [1.807, 2.05) is 10.9 Å². The monoisotopic (exact) mass is 332 g/mol. The molecule has 0 bridgehead atoms. The largest absolute Gasteiger partial charge is 0.355 e. The molecule has 0 aliphatic carbocycles. The van der Waals surface area contributed by atoms with Gasteiger partial charge in [0.2, 0.25) is 5.91 Å². The molecule has 1 aliphatic rings. The molecule has 6 heteroatoms. The fourth-order valence-corrected chi connectivity index (χ4v) is 3.82. The van der Waals surface area contributed by atoms with E-state index in [0.717, 1.165) is 32.4 Å². The van der Waals surface area contributed by atoms with Gasteiger partial charge in [0, 0.05) is 18.8 Å². The maximum atomic E-state index is 12.2. The Balaban J connectivity index is 1.43. The maximum absolute atomic E-state index is 12.2. The molecule has 5 nitrogen and oxygen atoms in total. The van der Waals surface area contributed by atoms with Crippen molar-refractivity contribution >= 4 is 17.2 Å². The van der Waals surface area contributed by atoms with Crippen LogP contribution in [-0.2, 0) is 17.8 Å². The van der Waals surface area contributed by atoms with E-state index in [-0.39, 0.29) is 5.91 Å². The molecule has 3 heterocycles. The first-order valence-electron chi connectivity index (χ1n) is 8.21. The first kappa shape index (κ1) is 16.2. The predicted octanol–water partition coefficient (Wildman–Crippen LogP) is 2.08. The standard InChI is InChI=1S/C17H24N4OS/c1-14-9-19-21(10-14)11-16-3-2-7-20(16)12-17(22)18-6-4-15-5-8-23-13-15/h5,8-10,13,16H,2-4,6-7,11-12H2,1H3,(H,18,22)/t16-/m1/s1. The number of aryl methyl sites for hydroxylation is 1. The fourth-order valence-electron chi connectivity index (χ4n) is 3.11. The van der Waals surface area contributed by atoms with Crippen molar-refractivity contribution in [3.63, 3.8) is 0 Å². The Kier molecular flexibility index (Phi) is 5.46. The summed E-state index contributed by atoms with van der Waals surface area (Å²) in [4.78, 5) is 14.4. The molecule has 0 radical (unpaired) electrons. The maximum Gasteiger partial charge on any atom is 0.234 e. The van der Waals surface area contributed by atoms with Gasteiger partial charge in [-0.25, -0.2) is 0 Å². The van der Waals surface area contributed by atoms with Gasteiger partial charge in [-0.2, -0.15) is 16.4 Å². The second kappa shape index (κ2) is 7.75. The SMILES string of the molecule is Cc1cnn(C[C@H]2CCCN2CC(=O)NCCc2ccsc2)c1. The van der Waals surface area contributed by atoms with Crippen LogP contribution in [0.15, 0.2) is 29.2 Å². The molecule has 1 amide bonds. The summed E-state index contributed by atoms with van der Waals surface area (Å²) in [5.74, 6) is 0.128. The molecule has 0 unspecified atom stereocenters. The summed E-state index contributed by atoms with van der Waals surface area (Å²) < 4.78 is 1.99. The Morgan fingerprint density at radius 3 is 3.17 bits per heavy atom. The molecule has 1 aliphatic heterocycles. The van der Waals surface area contributed by atoms with Gasteiger partial charge in [-0.15, -0.1) is 0 Å². The smallest absolute Gasteiger partial charge is 0.234 e. The molecule has 124 valence electrons. The van der Waals surface area contributed by atoms with E-state index < -0.39 is 0 Å². The van der Waals surface area contributed by atoms with Crippen molar-refractivity contribution < 1.29 is 4.79 Å². The van der Waals surface area contributed by atoms with Gasteiger partial charge in [-0.05, 0) is 60.7 Å². The lowest BCUT2D eigenvalue weighted by Crippen LogP contribution is -2.41. The molecule has 3 rings (SSSR count). The number of nitrogens with zero attached hydrogens (tertiary/aromatic N) is 3. The molecule has 1 saturated heterocycles. The highest BCUT2D eigenvalue weighted by Crippen LogP contribution is 2.18. The average molecular weight is 332 g/mol. The van der Waals surface area contributed by atoms with Crippen LogP contribution in [0.1, 0.15) is 24.0 Å². The predicted molar refractivity (Wildman–Crippen MR) is 92.6 cm³/mol.